The maximum Gasteiger partial charge on any atom is 0.0874 e. The SMILES string of the molecule is Cc1cccc(Nc2c(-c3ccccc3)ccc(-n3c4ccccc4c4cc5c6ccccc6n(-c6ccc(-c7ccccc7)c(Nc7cccc(C)c7)c6Nc6ccccc6)c5cc43)c2Nc2ccccc2)c1. The van der Waals surface area contributed by atoms with E-state index in [1.165, 1.54) is 32.7 Å². The van der Waals surface area contributed by atoms with Gasteiger partial charge in [-0.1, -0.05) is 170 Å². The molecule has 2 aromatic heterocycles. The van der Waals surface area contributed by atoms with Gasteiger partial charge in [-0.2, -0.15) is 0 Å². The third kappa shape index (κ3) is 8.05. The van der Waals surface area contributed by atoms with Crippen molar-refractivity contribution in [3.05, 3.63) is 266 Å². The summed E-state index contributed by atoms with van der Waals surface area (Å²) in [6.45, 7) is 4.28. The maximum atomic E-state index is 3.97. The monoisotopic (exact) mass is 952 g/mol. The molecule has 74 heavy (non-hydrogen) atoms. The highest BCUT2D eigenvalue weighted by atomic mass is 15.1. The van der Waals surface area contributed by atoms with Gasteiger partial charge in [0.25, 0.3) is 0 Å². The number of rotatable bonds is 12. The molecule has 0 amide bonds. The predicted octanol–water partition coefficient (Wildman–Crippen LogP) is 18.8. The third-order valence-electron chi connectivity index (χ3n) is 14.1. The van der Waals surface area contributed by atoms with Gasteiger partial charge in [0.1, 0.15) is 0 Å². The summed E-state index contributed by atoms with van der Waals surface area (Å²) >= 11 is 0. The highest BCUT2D eigenvalue weighted by molar-refractivity contribution is 6.20. The summed E-state index contributed by atoms with van der Waals surface area (Å²) in [6, 6.07) is 91.2. The summed E-state index contributed by atoms with van der Waals surface area (Å²) in [5.74, 6) is 0. The fourth-order valence-electron chi connectivity index (χ4n) is 10.8. The molecular formula is C68H52N6. The number of aryl methyl sites for hydroxylation is 2. The van der Waals surface area contributed by atoms with Gasteiger partial charge in [0.05, 0.1) is 56.2 Å². The molecule has 13 rings (SSSR count). The van der Waals surface area contributed by atoms with Crippen LogP contribution >= 0.6 is 0 Å². The number of hydrogen-bond donors (Lipinski definition) is 4. The smallest absolute Gasteiger partial charge is 0.0874 e. The molecule has 0 aliphatic carbocycles. The third-order valence-corrected chi connectivity index (χ3v) is 14.1. The molecule has 0 radical (unpaired) electrons. The zero-order chi connectivity index (χ0) is 49.5. The molecule has 0 atom stereocenters. The molecule has 0 saturated carbocycles. The van der Waals surface area contributed by atoms with Crippen LogP contribution in [0.2, 0.25) is 0 Å². The van der Waals surface area contributed by atoms with E-state index >= 15 is 0 Å². The Labute approximate surface area is 430 Å². The molecule has 0 aliphatic heterocycles. The number of hydrogen-bond acceptors (Lipinski definition) is 4. The van der Waals surface area contributed by atoms with Crippen molar-refractivity contribution in [3.63, 3.8) is 0 Å². The van der Waals surface area contributed by atoms with Gasteiger partial charge in [-0.05, 0) is 121 Å². The lowest BCUT2D eigenvalue weighted by Crippen LogP contribution is -2.07. The zero-order valence-corrected chi connectivity index (χ0v) is 41.1. The molecule has 11 aromatic carbocycles. The van der Waals surface area contributed by atoms with Crippen LogP contribution in [0.25, 0.3) is 77.2 Å². The average Bonchev–Trinajstić information content (AvgIpc) is 3.93. The molecule has 0 spiro atoms. The Bertz CT molecular complexity index is 3930. The van der Waals surface area contributed by atoms with Crippen LogP contribution in [0.3, 0.4) is 0 Å². The molecule has 0 unspecified atom stereocenters. The van der Waals surface area contributed by atoms with Crippen LogP contribution in [0.4, 0.5) is 45.5 Å². The average molecular weight is 953 g/mol. The van der Waals surface area contributed by atoms with Crippen molar-refractivity contribution in [2.45, 2.75) is 13.8 Å². The van der Waals surface area contributed by atoms with Gasteiger partial charge in [-0.3, -0.25) is 0 Å². The van der Waals surface area contributed by atoms with Crippen LogP contribution in [0.15, 0.2) is 255 Å². The van der Waals surface area contributed by atoms with E-state index in [1.807, 2.05) is 0 Å². The number of anilines is 8. The standard InChI is InChI=1S/C68H52N6/c1-45-21-19-31-51(41-45)71-65-53(47-23-7-3-8-24-47)37-39-61(67(65)69-49-27-11-5-12-28-49)73-59-35-17-15-33-55(59)57-43-58-56-34-16-18-36-60(56)74(64(58)44-63(57)73)62-40-38-54(48-25-9-4-10-26-48)66(72-52-32-20-22-46(2)42-52)68(62)70-50-29-13-6-14-30-50/h3-44,69-72H,1-2H3. The van der Waals surface area contributed by atoms with Crippen molar-refractivity contribution >= 4 is 89.1 Å². The Morgan fingerprint density at radius 3 is 1.04 bits per heavy atom. The highest BCUT2D eigenvalue weighted by Gasteiger charge is 2.25. The maximum absolute atomic E-state index is 3.97. The molecule has 4 N–H and O–H groups in total. The highest BCUT2D eigenvalue weighted by Crippen LogP contribution is 2.48. The molecule has 0 bridgehead atoms. The summed E-state index contributed by atoms with van der Waals surface area (Å²) < 4.78 is 4.92. The first-order valence-corrected chi connectivity index (χ1v) is 25.3. The summed E-state index contributed by atoms with van der Waals surface area (Å²) in [6.07, 6.45) is 0. The van der Waals surface area contributed by atoms with Crippen molar-refractivity contribution < 1.29 is 0 Å². The molecule has 0 aliphatic rings. The quantitative estimate of drug-likeness (QED) is 0.0986. The second-order valence-corrected chi connectivity index (χ2v) is 19.1. The van der Waals surface area contributed by atoms with Gasteiger partial charge >= 0.3 is 0 Å². The first-order valence-electron chi connectivity index (χ1n) is 25.3. The minimum atomic E-state index is 0.958. The first kappa shape index (κ1) is 44.2. The summed E-state index contributed by atoms with van der Waals surface area (Å²) in [5.41, 5.74) is 21.1. The molecule has 6 nitrogen and oxygen atoms in total. The van der Waals surface area contributed by atoms with Gasteiger partial charge in [0.15, 0.2) is 0 Å². The van der Waals surface area contributed by atoms with Crippen LogP contribution in [-0.4, -0.2) is 9.13 Å². The van der Waals surface area contributed by atoms with Gasteiger partial charge < -0.3 is 30.4 Å². The molecule has 354 valence electrons. The molecule has 0 saturated heterocycles. The van der Waals surface area contributed by atoms with E-state index in [9.17, 15) is 0 Å². The number of fused-ring (bicyclic) bond motifs is 6. The van der Waals surface area contributed by atoms with Crippen LogP contribution in [0, 0.1) is 13.8 Å². The second kappa shape index (κ2) is 18.8. The van der Waals surface area contributed by atoms with Gasteiger partial charge in [-0.25, -0.2) is 0 Å². The van der Waals surface area contributed by atoms with E-state index in [0.29, 0.717) is 0 Å². The largest absolute Gasteiger partial charge is 0.353 e. The Balaban J connectivity index is 1.12. The molecule has 2 heterocycles. The van der Waals surface area contributed by atoms with E-state index in [-0.39, 0.29) is 0 Å². The first-order chi connectivity index (χ1) is 36.5. The number of benzene rings is 11. The van der Waals surface area contributed by atoms with Gasteiger partial charge in [0, 0.05) is 55.4 Å². The second-order valence-electron chi connectivity index (χ2n) is 19.1. The minimum Gasteiger partial charge on any atom is -0.353 e. The Morgan fingerprint density at radius 1 is 0.257 bits per heavy atom. The van der Waals surface area contributed by atoms with Gasteiger partial charge in [-0.15, -0.1) is 0 Å². The van der Waals surface area contributed by atoms with Crippen molar-refractivity contribution in [1.29, 1.82) is 0 Å². The predicted molar refractivity (Wildman–Crippen MR) is 314 cm³/mol. The summed E-state index contributed by atoms with van der Waals surface area (Å²) in [4.78, 5) is 0. The summed E-state index contributed by atoms with van der Waals surface area (Å²) in [7, 11) is 0. The van der Waals surface area contributed by atoms with E-state index in [2.05, 4.69) is 299 Å². The lowest BCUT2D eigenvalue weighted by molar-refractivity contribution is 1.16. The molecule has 13 aromatic rings. The fourth-order valence-corrected chi connectivity index (χ4v) is 10.8. The number of aromatic nitrogens is 2. The van der Waals surface area contributed by atoms with E-state index in [1.54, 1.807) is 0 Å². The van der Waals surface area contributed by atoms with Crippen LogP contribution in [0.5, 0.6) is 0 Å². The van der Waals surface area contributed by atoms with Crippen molar-refractivity contribution in [1.82, 2.24) is 9.13 Å². The normalized spacial score (nSPS) is 11.4. The van der Waals surface area contributed by atoms with E-state index in [0.717, 1.165) is 101 Å². The molecular weight excluding hydrogens is 901 g/mol. The van der Waals surface area contributed by atoms with E-state index < -0.39 is 0 Å². The van der Waals surface area contributed by atoms with Crippen LogP contribution < -0.4 is 21.3 Å². The van der Waals surface area contributed by atoms with E-state index in [4.69, 9.17) is 0 Å². The van der Waals surface area contributed by atoms with Crippen LogP contribution in [-0.2, 0) is 0 Å². The molecule has 0 fully saturated rings. The Kier molecular flexibility index (Phi) is 11.2. The van der Waals surface area contributed by atoms with Crippen LogP contribution in [0.1, 0.15) is 11.1 Å². The fraction of sp³-hybridized carbons (Fsp3) is 0.0294. The number of nitrogens with one attached hydrogen (secondary N) is 4. The summed E-state index contributed by atoms with van der Waals surface area (Å²) in [5, 5.41) is 20.6. The zero-order valence-electron chi connectivity index (χ0n) is 41.1. The lowest BCUT2D eigenvalue weighted by atomic mass is 10.00. The number of para-hydroxylation sites is 4. The van der Waals surface area contributed by atoms with Gasteiger partial charge in [0.2, 0.25) is 0 Å². The topological polar surface area (TPSA) is 58.0 Å². The van der Waals surface area contributed by atoms with Crippen molar-refractivity contribution in [3.8, 4) is 33.6 Å². The van der Waals surface area contributed by atoms with Crippen molar-refractivity contribution in [2.24, 2.45) is 0 Å². The molecule has 6 heteroatoms. The Hall–Kier alpha value is -9.78. The number of nitrogens with zero attached hydrogens (tertiary/aromatic N) is 2. The lowest BCUT2D eigenvalue weighted by Gasteiger charge is -2.24. The minimum absolute atomic E-state index is 0.958. The van der Waals surface area contributed by atoms with Crippen molar-refractivity contribution in [2.75, 3.05) is 21.3 Å². The Morgan fingerprint density at radius 2 is 0.622 bits per heavy atom.